The summed E-state index contributed by atoms with van der Waals surface area (Å²) in [4.78, 5) is 26.8. The highest BCUT2D eigenvalue weighted by Crippen LogP contribution is 2.16. The van der Waals surface area contributed by atoms with Crippen molar-refractivity contribution in [2.24, 2.45) is 11.5 Å². The topological polar surface area (TPSA) is 111 Å². The number of rotatable bonds is 4. The first-order valence-electron chi connectivity index (χ1n) is 4.26. The normalized spacial score (nSPS) is 12.1. The third-order valence-electron chi connectivity index (χ3n) is 1.61. The molecular formula is C8H12N4O2S. The summed E-state index contributed by atoms with van der Waals surface area (Å²) < 4.78 is 0. The van der Waals surface area contributed by atoms with Gasteiger partial charge in [0.05, 0.1) is 12.5 Å². The molecule has 1 atom stereocenters. The minimum Gasteiger partial charge on any atom is -0.370 e. The summed E-state index contributed by atoms with van der Waals surface area (Å²) >= 11 is 1.34. The first-order valence-corrected chi connectivity index (χ1v) is 5.08. The van der Waals surface area contributed by atoms with Crippen molar-refractivity contribution in [3.8, 4) is 0 Å². The Morgan fingerprint density at radius 1 is 1.67 bits per heavy atom. The minimum absolute atomic E-state index is 0.170. The minimum atomic E-state index is -0.924. The lowest BCUT2D eigenvalue weighted by Gasteiger charge is -2.07. The van der Waals surface area contributed by atoms with E-state index in [1.165, 1.54) is 11.3 Å². The van der Waals surface area contributed by atoms with Gasteiger partial charge in [0, 0.05) is 11.1 Å². The van der Waals surface area contributed by atoms with Gasteiger partial charge in [-0.3, -0.25) is 9.59 Å². The summed E-state index contributed by atoms with van der Waals surface area (Å²) in [6.45, 7) is 1.87. The highest BCUT2D eigenvalue weighted by Gasteiger charge is 2.16. The van der Waals surface area contributed by atoms with Crippen LogP contribution in [0.5, 0.6) is 0 Å². The van der Waals surface area contributed by atoms with E-state index in [0.717, 1.165) is 4.88 Å². The van der Waals surface area contributed by atoms with Gasteiger partial charge in [-0.1, -0.05) is 0 Å². The highest BCUT2D eigenvalue weighted by atomic mass is 32.1. The predicted molar refractivity (Wildman–Crippen MR) is 57.3 cm³/mol. The summed E-state index contributed by atoms with van der Waals surface area (Å²) in [5, 5.41) is 2.97. The Bertz CT molecular complexity index is 376. The van der Waals surface area contributed by atoms with Crippen LogP contribution in [0.25, 0.3) is 0 Å². The molecule has 82 valence electrons. The van der Waals surface area contributed by atoms with Crippen LogP contribution in [0, 0.1) is 6.92 Å². The fourth-order valence-electron chi connectivity index (χ4n) is 0.920. The molecule has 0 saturated carbocycles. The number of aryl methyl sites for hydroxylation is 1. The van der Waals surface area contributed by atoms with Crippen LogP contribution in [-0.4, -0.2) is 22.8 Å². The third kappa shape index (κ3) is 3.64. The van der Waals surface area contributed by atoms with Crippen LogP contribution in [0.1, 0.15) is 11.3 Å². The maximum atomic E-state index is 11.4. The van der Waals surface area contributed by atoms with Gasteiger partial charge in [-0.15, -0.1) is 11.3 Å². The lowest BCUT2D eigenvalue weighted by atomic mass is 10.2. The number of nitrogens with zero attached hydrogens (tertiary/aromatic N) is 1. The van der Waals surface area contributed by atoms with E-state index < -0.39 is 17.9 Å². The van der Waals surface area contributed by atoms with Crippen LogP contribution >= 0.6 is 11.3 Å². The average molecular weight is 228 g/mol. The summed E-state index contributed by atoms with van der Waals surface area (Å²) in [6.07, 6.45) is 1.47. The number of carbonyl (C=O) groups is 2. The fraction of sp³-hybridized carbons (Fsp3) is 0.375. The molecule has 6 nitrogen and oxygen atoms in total. The van der Waals surface area contributed by atoms with Gasteiger partial charge >= 0.3 is 0 Å². The first-order chi connectivity index (χ1) is 6.99. The third-order valence-corrected chi connectivity index (χ3v) is 2.44. The van der Waals surface area contributed by atoms with Gasteiger partial charge in [0.25, 0.3) is 0 Å². The van der Waals surface area contributed by atoms with Gasteiger partial charge < -0.3 is 16.8 Å². The Hall–Kier alpha value is -1.47. The van der Waals surface area contributed by atoms with E-state index in [1.807, 2.05) is 6.92 Å². The fourth-order valence-corrected chi connectivity index (χ4v) is 1.59. The second kappa shape index (κ2) is 4.85. The number of nitrogens with one attached hydrogen (secondary N) is 1. The van der Waals surface area contributed by atoms with Crippen molar-refractivity contribution >= 4 is 28.3 Å². The number of thiazole rings is 1. The summed E-state index contributed by atoms with van der Waals surface area (Å²) in [6, 6.07) is -0.924. The number of amides is 2. The highest BCUT2D eigenvalue weighted by molar-refractivity contribution is 7.15. The van der Waals surface area contributed by atoms with E-state index in [1.54, 1.807) is 6.20 Å². The molecule has 15 heavy (non-hydrogen) atoms. The Balaban J connectivity index is 2.52. The van der Waals surface area contributed by atoms with Crippen LogP contribution in [0.15, 0.2) is 6.20 Å². The quantitative estimate of drug-likeness (QED) is 0.650. The van der Waals surface area contributed by atoms with E-state index in [4.69, 9.17) is 11.5 Å². The molecule has 0 fully saturated rings. The molecule has 1 heterocycles. The van der Waals surface area contributed by atoms with Gasteiger partial charge in [-0.2, -0.15) is 0 Å². The molecular weight excluding hydrogens is 216 g/mol. The van der Waals surface area contributed by atoms with E-state index in [0.29, 0.717) is 5.13 Å². The van der Waals surface area contributed by atoms with E-state index in [-0.39, 0.29) is 6.42 Å². The summed E-state index contributed by atoms with van der Waals surface area (Å²) in [7, 11) is 0. The lowest BCUT2D eigenvalue weighted by Crippen LogP contribution is -2.38. The molecule has 2 amide bonds. The van der Waals surface area contributed by atoms with Crippen molar-refractivity contribution in [3.05, 3.63) is 11.1 Å². The molecule has 1 unspecified atom stereocenters. The Labute approximate surface area is 90.7 Å². The van der Waals surface area contributed by atoms with Crippen LogP contribution < -0.4 is 16.8 Å². The molecule has 1 aromatic rings. The molecule has 0 aliphatic rings. The number of hydrogen-bond acceptors (Lipinski definition) is 5. The van der Waals surface area contributed by atoms with E-state index >= 15 is 0 Å². The number of nitrogens with two attached hydrogens (primary N) is 2. The molecule has 0 saturated heterocycles. The standard InChI is InChI=1S/C8H12N4O2S/c1-4-3-11-8(15-4)12-7(14)5(9)2-6(10)13/h3,5H,2,9H2,1H3,(H2,10,13)(H,11,12,14). The van der Waals surface area contributed by atoms with Gasteiger partial charge in [0.2, 0.25) is 11.8 Å². The Morgan fingerprint density at radius 3 is 2.80 bits per heavy atom. The molecule has 5 N–H and O–H groups in total. The lowest BCUT2D eigenvalue weighted by molar-refractivity contribution is -0.123. The van der Waals surface area contributed by atoms with E-state index in [2.05, 4.69) is 10.3 Å². The maximum absolute atomic E-state index is 11.4. The van der Waals surface area contributed by atoms with Crippen molar-refractivity contribution in [2.45, 2.75) is 19.4 Å². The first kappa shape index (κ1) is 11.6. The van der Waals surface area contributed by atoms with Crippen LogP contribution in [-0.2, 0) is 9.59 Å². The van der Waals surface area contributed by atoms with Crippen LogP contribution in [0.3, 0.4) is 0 Å². The maximum Gasteiger partial charge on any atom is 0.243 e. The summed E-state index contributed by atoms with van der Waals surface area (Å²) in [5.41, 5.74) is 10.4. The zero-order valence-electron chi connectivity index (χ0n) is 8.19. The van der Waals surface area contributed by atoms with Gasteiger partial charge in [-0.05, 0) is 6.92 Å². The van der Waals surface area contributed by atoms with Crippen molar-refractivity contribution in [3.63, 3.8) is 0 Å². The molecule has 0 spiro atoms. The monoisotopic (exact) mass is 228 g/mol. The molecule has 0 radical (unpaired) electrons. The number of hydrogen-bond donors (Lipinski definition) is 3. The predicted octanol–water partition coefficient (Wildman–Crippen LogP) is -0.407. The molecule has 1 rings (SSSR count). The number of primary amides is 1. The smallest absolute Gasteiger partial charge is 0.243 e. The SMILES string of the molecule is Cc1cnc(NC(=O)C(N)CC(N)=O)s1. The zero-order chi connectivity index (χ0) is 11.4. The zero-order valence-corrected chi connectivity index (χ0v) is 9.00. The van der Waals surface area contributed by atoms with Crippen LogP contribution in [0.4, 0.5) is 5.13 Å². The second-order valence-corrected chi connectivity index (χ2v) is 4.28. The Morgan fingerprint density at radius 2 is 2.33 bits per heavy atom. The second-order valence-electron chi connectivity index (χ2n) is 3.04. The number of carbonyl (C=O) groups excluding carboxylic acids is 2. The van der Waals surface area contributed by atoms with Gasteiger partial charge in [0.1, 0.15) is 0 Å². The van der Waals surface area contributed by atoms with Crippen molar-refractivity contribution in [1.29, 1.82) is 0 Å². The summed E-state index contributed by atoms with van der Waals surface area (Å²) in [5.74, 6) is -1.06. The molecule has 0 bridgehead atoms. The number of anilines is 1. The average Bonchev–Trinajstić information content (AvgIpc) is 2.50. The van der Waals surface area contributed by atoms with Gasteiger partial charge in [0.15, 0.2) is 5.13 Å². The van der Waals surface area contributed by atoms with E-state index in [9.17, 15) is 9.59 Å². The van der Waals surface area contributed by atoms with Crippen molar-refractivity contribution < 1.29 is 9.59 Å². The Kier molecular flexibility index (Phi) is 3.75. The molecule has 0 aromatic carbocycles. The molecule has 7 heteroatoms. The van der Waals surface area contributed by atoms with Gasteiger partial charge in [-0.25, -0.2) is 4.98 Å². The van der Waals surface area contributed by atoms with Crippen LogP contribution in [0.2, 0.25) is 0 Å². The largest absolute Gasteiger partial charge is 0.370 e. The molecule has 0 aliphatic heterocycles. The molecule has 0 aliphatic carbocycles. The van der Waals surface area contributed by atoms with Crippen molar-refractivity contribution in [1.82, 2.24) is 4.98 Å². The van der Waals surface area contributed by atoms with Crippen molar-refractivity contribution in [2.75, 3.05) is 5.32 Å². The number of aromatic nitrogens is 1. The molecule has 1 aromatic heterocycles.